The lowest BCUT2D eigenvalue weighted by atomic mass is 9.76. The number of likely N-dealkylation sites (N-methyl/N-ethyl adjacent to an activating group) is 2. The summed E-state index contributed by atoms with van der Waals surface area (Å²) < 4.78 is 43.1. The van der Waals surface area contributed by atoms with Gasteiger partial charge in [-0.25, -0.2) is 9.11 Å². The predicted octanol–water partition coefficient (Wildman–Crippen LogP) is 3.80. The molecule has 0 aliphatic rings. The lowest BCUT2D eigenvalue weighted by Crippen LogP contribution is -2.61. The Hall–Kier alpha value is -3.61. The summed E-state index contributed by atoms with van der Waals surface area (Å²) in [5, 5.41) is 6.11. The van der Waals surface area contributed by atoms with Crippen LogP contribution in [-0.2, 0) is 36.6 Å². The average Bonchev–Trinajstić information content (AvgIpc) is 2.97. The molecule has 2 aromatic carbocycles. The number of carbonyl (C=O) groups is 3. The molecule has 46 heavy (non-hydrogen) atoms. The van der Waals surface area contributed by atoms with E-state index in [1.165, 1.54) is 36.1 Å². The van der Waals surface area contributed by atoms with Crippen molar-refractivity contribution >= 4 is 27.9 Å². The van der Waals surface area contributed by atoms with Gasteiger partial charge in [-0.2, -0.15) is 13.1 Å². The normalized spacial score (nSPS) is 14.7. The topological polar surface area (TPSA) is 137 Å². The van der Waals surface area contributed by atoms with Crippen LogP contribution in [0.2, 0.25) is 0 Å². The van der Waals surface area contributed by atoms with Crippen molar-refractivity contribution in [1.82, 2.24) is 25.0 Å². The van der Waals surface area contributed by atoms with Crippen LogP contribution in [0, 0.1) is 17.2 Å². The second-order valence-corrected chi connectivity index (χ2v) is 15.0. The number of nitrogens with zero attached hydrogens (tertiary/aromatic N) is 1. The Balaban J connectivity index is 2.26. The molecular weight excluding hydrogens is 609 g/mol. The van der Waals surface area contributed by atoms with Crippen LogP contribution in [0.1, 0.15) is 66.5 Å². The van der Waals surface area contributed by atoms with Gasteiger partial charge in [-0.3, -0.25) is 14.4 Å². The molecule has 0 heterocycles. The number of benzene rings is 2. The second-order valence-electron chi connectivity index (χ2n) is 13.5. The third-order valence-corrected chi connectivity index (χ3v) is 9.06. The second kappa shape index (κ2) is 15.8. The van der Waals surface area contributed by atoms with Gasteiger partial charge in [0.1, 0.15) is 11.9 Å². The fourth-order valence-electron chi connectivity index (χ4n) is 5.22. The molecule has 3 amide bonds. The van der Waals surface area contributed by atoms with Gasteiger partial charge >= 0.3 is 10.2 Å². The highest BCUT2D eigenvalue weighted by atomic mass is 32.2. The molecule has 0 spiro atoms. The van der Waals surface area contributed by atoms with E-state index in [4.69, 9.17) is 0 Å². The third-order valence-electron chi connectivity index (χ3n) is 8.08. The molecule has 0 radical (unpaired) electrons. The maximum absolute atomic E-state index is 14.1. The number of rotatable bonds is 14. The van der Waals surface area contributed by atoms with Crippen LogP contribution in [0.5, 0.6) is 0 Å². The van der Waals surface area contributed by atoms with Gasteiger partial charge in [0.05, 0.1) is 12.1 Å². The van der Waals surface area contributed by atoms with E-state index in [2.05, 4.69) is 15.4 Å². The number of hydrogen-bond acceptors (Lipinski definition) is 6. The molecule has 0 aromatic heterocycles. The van der Waals surface area contributed by atoms with Crippen molar-refractivity contribution in [1.29, 1.82) is 0 Å². The molecule has 0 saturated heterocycles. The molecule has 4 N–H and O–H groups in total. The minimum Gasteiger partial charge on any atom is -0.342 e. The Bertz CT molecular complexity index is 1500. The largest absolute Gasteiger partial charge is 0.342 e. The predicted molar refractivity (Wildman–Crippen MR) is 179 cm³/mol. The van der Waals surface area contributed by atoms with Gasteiger partial charge in [0.15, 0.2) is 0 Å². The summed E-state index contributed by atoms with van der Waals surface area (Å²) in [6.45, 7) is 14.3. The molecular formula is C34H50FN5O5S. The van der Waals surface area contributed by atoms with Crippen LogP contribution in [0.4, 0.5) is 4.39 Å². The zero-order chi connectivity index (χ0) is 35.0. The molecule has 3 atom stereocenters. The van der Waals surface area contributed by atoms with E-state index in [0.29, 0.717) is 0 Å². The zero-order valence-electron chi connectivity index (χ0n) is 28.6. The SMILES string of the molecule is CNC(C(=O)NC(C(=O)N(C)C(C=C(C)C(=O)NS(=O)(=O)NCc1ccccc1F)C(C)C)C(C)(C)C)C(C)(C)c1ccccc1. The number of nitrogens with one attached hydrogen (secondary N) is 4. The lowest BCUT2D eigenvalue weighted by molar-refractivity contribution is -0.140. The van der Waals surface area contributed by atoms with Crippen molar-refractivity contribution in [2.75, 3.05) is 14.1 Å². The summed E-state index contributed by atoms with van der Waals surface area (Å²) in [5.41, 5.74) is -0.131. The number of hydrogen-bond donors (Lipinski definition) is 4. The molecule has 2 aromatic rings. The maximum atomic E-state index is 14.1. The van der Waals surface area contributed by atoms with Crippen molar-refractivity contribution in [3.8, 4) is 0 Å². The van der Waals surface area contributed by atoms with E-state index in [9.17, 15) is 27.2 Å². The molecule has 0 aliphatic carbocycles. The van der Waals surface area contributed by atoms with E-state index >= 15 is 0 Å². The molecule has 0 saturated carbocycles. The first-order chi connectivity index (χ1) is 21.2. The van der Waals surface area contributed by atoms with E-state index in [1.807, 2.05) is 83.5 Å². The molecule has 12 heteroatoms. The van der Waals surface area contributed by atoms with Crippen LogP contribution in [-0.4, -0.2) is 63.3 Å². The van der Waals surface area contributed by atoms with Crippen LogP contribution in [0.25, 0.3) is 0 Å². The standard InChI is InChI=1S/C34H50FN5O5S/c1-22(2)27(20-23(3)30(41)39-46(44,45)37-21-24-16-14-15-19-26(24)35)40(10)32(43)29(33(4,5)6)38-31(42)28(36-9)34(7,8)25-17-12-11-13-18-25/h11-20,22,27-29,36-37H,21H2,1-10H3,(H,38,42)(H,39,41). The summed E-state index contributed by atoms with van der Waals surface area (Å²) in [5.74, 6) is -2.35. The van der Waals surface area contributed by atoms with Crippen LogP contribution in [0.3, 0.4) is 0 Å². The highest BCUT2D eigenvalue weighted by molar-refractivity contribution is 7.88. The fraction of sp³-hybridized carbons (Fsp3) is 0.500. The van der Waals surface area contributed by atoms with Crippen molar-refractivity contribution in [3.63, 3.8) is 0 Å². The molecule has 0 fully saturated rings. The van der Waals surface area contributed by atoms with Crippen molar-refractivity contribution < 1.29 is 27.2 Å². The van der Waals surface area contributed by atoms with Gasteiger partial charge in [0, 0.05) is 30.1 Å². The summed E-state index contributed by atoms with van der Waals surface area (Å²) in [4.78, 5) is 42.2. The van der Waals surface area contributed by atoms with Crippen LogP contribution >= 0.6 is 0 Å². The Morgan fingerprint density at radius 3 is 2.02 bits per heavy atom. The quantitative estimate of drug-likeness (QED) is 0.228. The number of amides is 3. The summed E-state index contributed by atoms with van der Waals surface area (Å²) in [6, 6.07) is 13.2. The molecule has 254 valence electrons. The number of halogens is 1. The van der Waals surface area contributed by atoms with Crippen LogP contribution in [0.15, 0.2) is 66.2 Å². The minimum atomic E-state index is -4.31. The fourth-order valence-corrected chi connectivity index (χ4v) is 6.04. The first kappa shape index (κ1) is 38.6. The maximum Gasteiger partial charge on any atom is 0.301 e. The third kappa shape index (κ3) is 10.2. The van der Waals surface area contributed by atoms with Crippen molar-refractivity contribution in [2.24, 2.45) is 11.3 Å². The molecule has 3 unspecified atom stereocenters. The van der Waals surface area contributed by atoms with E-state index in [1.54, 1.807) is 20.2 Å². The first-order valence-corrected chi connectivity index (χ1v) is 16.7. The zero-order valence-corrected chi connectivity index (χ0v) is 29.4. The highest BCUT2D eigenvalue weighted by Gasteiger charge is 2.41. The Morgan fingerprint density at radius 2 is 1.50 bits per heavy atom. The van der Waals surface area contributed by atoms with E-state index < -0.39 is 50.9 Å². The first-order valence-electron chi connectivity index (χ1n) is 15.3. The van der Waals surface area contributed by atoms with Gasteiger partial charge in [-0.1, -0.05) is 103 Å². The van der Waals surface area contributed by atoms with Crippen molar-refractivity contribution in [3.05, 3.63) is 83.2 Å². The van der Waals surface area contributed by atoms with E-state index in [0.717, 1.165) is 5.56 Å². The van der Waals surface area contributed by atoms with Crippen LogP contribution < -0.4 is 20.1 Å². The minimum absolute atomic E-state index is 0.0609. The van der Waals surface area contributed by atoms with Gasteiger partial charge in [0.2, 0.25) is 11.8 Å². The highest BCUT2D eigenvalue weighted by Crippen LogP contribution is 2.29. The Labute approximate surface area is 273 Å². The smallest absolute Gasteiger partial charge is 0.301 e. The summed E-state index contributed by atoms with van der Waals surface area (Å²) in [6.07, 6.45) is 1.53. The molecule has 0 aliphatic heterocycles. The molecule has 0 bridgehead atoms. The van der Waals surface area contributed by atoms with Crippen molar-refractivity contribution in [2.45, 2.75) is 85.5 Å². The van der Waals surface area contributed by atoms with E-state index in [-0.39, 0.29) is 35.4 Å². The Morgan fingerprint density at radius 1 is 0.935 bits per heavy atom. The van der Waals surface area contributed by atoms with Gasteiger partial charge in [0.25, 0.3) is 5.91 Å². The van der Waals surface area contributed by atoms with Gasteiger partial charge in [-0.05, 0) is 36.9 Å². The summed E-state index contributed by atoms with van der Waals surface area (Å²) >= 11 is 0. The molecule has 2 rings (SSSR count). The average molecular weight is 660 g/mol. The Kier molecular flexibility index (Phi) is 13.2. The molecule has 10 nitrogen and oxygen atoms in total. The lowest BCUT2D eigenvalue weighted by Gasteiger charge is -2.40. The number of carbonyl (C=O) groups excluding carboxylic acids is 3. The monoisotopic (exact) mass is 659 g/mol. The van der Waals surface area contributed by atoms with Gasteiger partial charge in [-0.15, -0.1) is 0 Å². The van der Waals surface area contributed by atoms with Gasteiger partial charge < -0.3 is 15.5 Å². The summed E-state index contributed by atoms with van der Waals surface area (Å²) in [7, 11) is -1.01.